The zero-order valence-corrected chi connectivity index (χ0v) is 18.5. The van der Waals surface area contributed by atoms with Crippen molar-refractivity contribution in [3.05, 3.63) is 82.5 Å². The van der Waals surface area contributed by atoms with Crippen molar-refractivity contribution in [3.63, 3.8) is 0 Å². The molecular formula is C23H18ClN3O4S. The number of aromatic nitrogens is 1. The fourth-order valence-corrected chi connectivity index (χ4v) is 4.14. The molecule has 2 heterocycles. The summed E-state index contributed by atoms with van der Waals surface area (Å²) in [6.07, 6.45) is 5.34. The van der Waals surface area contributed by atoms with Gasteiger partial charge in [-0.3, -0.25) is 19.3 Å². The number of imide groups is 1. The quantitative estimate of drug-likeness (QED) is 0.526. The van der Waals surface area contributed by atoms with Crippen molar-refractivity contribution in [2.45, 2.75) is 0 Å². The first kappa shape index (κ1) is 21.7. The van der Waals surface area contributed by atoms with Gasteiger partial charge in [-0.25, -0.2) is 0 Å². The summed E-state index contributed by atoms with van der Waals surface area (Å²) in [6, 6.07) is 16.0. The topological polar surface area (TPSA) is 80.6 Å². The number of benzene rings is 2. The lowest BCUT2D eigenvalue weighted by atomic mass is 10.3. The van der Waals surface area contributed by atoms with Crippen LogP contribution in [0.15, 0.2) is 71.9 Å². The number of carbonyl (C=O) groups is 3. The highest BCUT2D eigenvalue weighted by molar-refractivity contribution is 8.18. The number of methoxy groups -OCH3 is 1. The molecule has 1 aliphatic heterocycles. The van der Waals surface area contributed by atoms with Gasteiger partial charge in [-0.2, -0.15) is 0 Å². The van der Waals surface area contributed by atoms with Crippen LogP contribution >= 0.6 is 23.4 Å². The fraction of sp³-hybridized carbons (Fsp3) is 0.0870. The Bertz CT molecular complexity index is 1220. The zero-order chi connectivity index (χ0) is 22.7. The molecular weight excluding hydrogens is 450 g/mol. The van der Waals surface area contributed by atoms with Crippen molar-refractivity contribution in [1.82, 2.24) is 9.47 Å². The summed E-state index contributed by atoms with van der Waals surface area (Å²) in [6.45, 7) is -0.374. The molecule has 2 aromatic carbocycles. The average Bonchev–Trinajstić information content (AvgIpc) is 3.34. The van der Waals surface area contributed by atoms with Gasteiger partial charge in [0.25, 0.3) is 11.1 Å². The second kappa shape index (κ2) is 9.33. The van der Waals surface area contributed by atoms with E-state index in [1.165, 1.54) is 0 Å². The number of halogens is 1. The minimum absolute atomic E-state index is 0.262. The standard InChI is InChI=1S/C23H18ClN3O4S/c1-31-19-7-5-18(6-8-19)26-10-9-15(13-26)11-20-22(29)27(23(30)32-20)14-21(28)25-17-4-2-3-16(24)12-17/h2-13H,14H2,1H3,(H,25,28)/b20-11+. The molecule has 3 aromatic rings. The molecule has 0 atom stereocenters. The third-order valence-corrected chi connectivity index (χ3v) is 5.81. The van der Waals surface area contributed by atoms with Crippen LogP contribution in [0.4, 0.5) is 10.5 Å². The van der Waals surface area contributed by atoms with Gasteiger partial charge in [0.15, 0.2) is 0 Å². The molecule has 9 heteroatoms. The average molecular weight is 468 g/mol. The van der Waals surface area contributed by atoms with E-state index in [1.807, 2.05) is 47.3 Å². The Labute approximate surface area is 193 Å². The second-order valence-corrected chi connectivity index (χ2v) is 8.31. The van der Waals surface area contributed by atoms with Crippen LogP contribution in [0.25, 0.3) is 11.8 Å². The van der Waals surface area contributed by atoms with Gasteiger partial charge in [0.2, 0.25) is 5.91 Å². The number of nitrogens with one attached hydrogen (secondary N) is 1. The van der Waals surface area contributed by atoms with Crippen molar-refractivity contribution >= 4 is 52.2 Å². The Morgan fingerprint density at radius 3 is 2.66 bits per heavy atom. The summed E-state index contributed by atoms with van der Waals surface area (Å²) in [5.41, 5.74) is 2.18. The Kier molecular flexibility index (Phi) is 6.34. The third-order valence-electron chi connectivity index (χ3n) is 4.67. The number of amides is 3. The van der Waals surface area contributed by atoms with Gasteiger partial charge in [-0.05, 0) is 71.9 Å². The maximum Gasteiger partial charge on any atom is 0.294 e. The van der Waals surface area contributed by atoms with Crippen LogP contribution in [-0.4, -0.2) is 40.2 Å². The predicted octanol–water partition coefficient (Wildman–Crippen LogP) is 4.81. The van der Waals surface area contributed by atoms with Crippen LogP contribution in [0.5, 0.6) is 5.75 Å². The van der Waals surface area contributed by atoms with E-state index in [-0.39, 0.29) is 11.4 Å². The minimum atomic E-state index is -0.501. The number of hydrogen-bond acceptors (Lipinski definition) is 5. The van der Waals surface area contributed by atoms with Crippen molar-refractivity contribution < 1.29 is 19.1 Å². The lowest BCUT2D eigenvalue weighted by molar-refractivity contribution is -0.127. The summed E-state index contributed by atoms with van der Waals surface area (Å²) < 4.78 is 7.06. The van der Waals surface area contributed by atoms with E-state index in [0.717, 1.165) is 33.7 Å². The van der Waals surface area contributed by atoms with Gasteiger partial charge in [0.05, 0.1) is 12.0 Å². The number of nitrogens with zero attached hydrogens (tertiary/aromatic N) is 2. The van der Waals surface area contributed by atoms with E-state index < -0.39 is 17.1 Å². The van der Waals surface area contributed by atoms with Crippen LogP contribution in [0, 0.1) is 0 Å². The molecule has 4 rings (SSSR count). The lowest BCUT2D eigenvalue weighted by Crippen LogP contribution is -2.36. The number of rotatable bonds is 6. The third kappa shape index (κ3) is 4.87. The molecule has 7 nitrogen and oxygen atoms in total. The first-order valence-corrected chi connectivity index (χ1v) is 10.8. The summed E-state index contributed by atoms with van der Waals surface area (Å²) >= 11 is 6.72. The highest BCUT2D eigenvalue weighted by Gasteiger charge is 2.36. The molecule has 162 valence electrons. The Hall–Kier alpha value is -3.49. The molecule has 0 spiro atoms. The molecule has 1 N–H and O–H groups in total. The molecule has 0 radical (unpaired) electrons. The molecule has 32 heavy (non-hydrogen) atoms. The van der Waals surface area contributed by atoms with Gasteiger partial charge in [-0.15, -0.1) is 0 Å². The SMILES string of the molecule is COc1ccc(-n2ccc(/C=C3/SC(=O)N(CC(=O)Nc4cccc(Cl)c4)C3=O)c2)cc1. The molecule has 0 bridgehead atoms. The fourth-order valence-electron chi connectivity index (χ4n) is 3.11. The molecule has 1 saturated heterocycles. The summed E-state index contributed by atoms with van der Waals surface area (Å²) in [4.78, 5) is 38.5. The first-order valence-electron chi connectivity index (χ1n) is 9.56. The molecule has 0 aliphatic carbocycles. The van der Waals surface area contributed by atoms with E-state index in [4.69, 9.17) is 16.3 Å². The minimum Gasteiger partial charge on any atom is -0.497 e. The van der Waals surface area contributed by atoms with E-state index >= 15 is 0 Å². The van der Waals surface area contributed by atoms with Gasteiger partial charge in [0.1, 0.15) is 12.3 Å². The van der Waals surface area contributed by atoms with Gasteiger partial charge in [0, 0.05) is 28.8 Å². The monoisotopic (exact) mass is 467 g/mol. The van der Waals surface area contributed by atoms with Crippen molar-refractivity contribution in [2.24, 2.45) is 0 Å². The predicted molar refractivity (Wildman–Crippen MR) is 125 cm³/mol. The first-order chi connectivity index (χ1) is 15.4. The maximum atomic E-state index is 12.7. The number of ether oxygens (including phenoxy) is 1. The number of anilines is 1. The highest BCUT2D eigenvalue weighted by Crippen LogP contribution is 2.32. The van der Waals surface area contributed by atoms with E-state index in [2.05, 4.69) is 5.32 Å². The largest absolute Gasteiger partial charge is 0.497 e. The number of thioether (sulfide) groups is 1. The van der Waals surface area contributed by atoms with Crippen LogP contribution in [-0.2, 0) is 9.59 Å². The van der Waals surface area contributed by atoms with E-state index in [1.54, 1.807) is 37.5 Å². The second-order valence-electron chi connectivity index (χ2n) is 6.88. The lowest BCUT2D eigenvalue weighted by Gasteiger charge is -2.12. The molecule has 0 saturated carbocycles. The maximum absolute atomic E-state index is 12.7. The zero-order valence-electron chi connectivity index (χ0n) is 16.9. The normalized spacial score (nSPS) is 14.8. The number of carbonyl (C=O) groups excluding carboxylic acids is 3. The Balaban J connectivity index is 1.44. The van der Waals surface area contributed by atoms with Gasteiger partial charge in [-0.1, -0.05) is 17.7 Å². The van der Waals surface area contributed by atoms with Crippen LogP contribution in [0.1, 0.15) is 5.56 Å². The summed E-state index contributed by atoms with van der Waals surface area (Å²) in [7, 11) is 1.61. The molecule has 0 unspecified atom stereocenters. The molecule has 1 aromatic heterocycles. The molecule has 3 amide bonds. The van der Waals surface area contributed by atoms with Crippen LogP contribution < -0.4 is 10.1 Å². The van der Waals surface area contributed by atoms with Crippen LogP contribution in [0.2, 0.25) is 5.02 Å². The van der Waals surface area contributed by atoms with Crippen molar-refractivity contribution in [1.29, 1.82) is 0 Å². The number of hydrogen-bond donors (Lipinski definition) is 1. The van der Waals surface area contributed by atoms with Gasteiger partial charge < -0.3 is 14.6 Å². The molecule has 1 fully saturated rings. The Morgan fingerprint density at radius 1 is 1.16 bits per heavy atom. The Morgan fingerprint density at radius 2 is 1.94 bits per heavy atom. The van der Waals surface area contributed by atoms with Gasteiger partial charge >= 0.3 is 0 Å². The molecule has 1 aliphatic rings. The van der Waals surface area contributed by atoms with Crippen LogP contribution in [0.3, 0.4) is 0 Å². The van der Waals surface area contributed by atoms with E-state index in [9.17, 15) is 14.4 Å². The van der Waals surface area contributed by atoms with Crippen molar-refractivity contribution in [2.75, 3.05) is 19.0 Å². The smallest absolute Gasteiger partial charge is 0.294 e. The van der Waals surface area contributed by atoms with E-state index in [0.29, 0.717) is 10.7 Å². The summed E-state index contributed by atoms with van der Waals surface area (Å²) in [5.74, 6) is -0.228. The van der Waals surface area contributed by atoms with Crippen molar-refractivity contribution in [3.8, 4) is 11.4 Å². The highest BCUT2D eigenvalue weighted by atomic mass is 35.5. The summed E-state index contributed by atoms with van der Waals surface area (Å²) in [5, 5.41) is 2.62.